The van der Waals surface area contributed by atoms with E-state index in [1.165, 1.54) is 23.2 Å². The summed E-state index contributed by atoms with van der Waals surface area (Å²) < 4.78 is 0. The molecule has 1 aromatic rings. The Labute approximate surface area is 154 Å². The zero-order valence-electron chi connectivity index (χ0n) is 16.0. The molecule has 8 heteroatoms. The number of carbonyl (C=O) groups is 3. The van der Waals surface area contributed by atoms with Crippen molar-refractivity contribution in [3.05, 3.63) is 24.0 Å². The Bertz CT molecular complexity index is 656. The minimum Gasteiger partial charge on any atom is -0.388 e. The molecule has 0 saturated carbocycles. The number of amides is 3. The van der Waals surface area contributed by atoms with Gasteiger partial charge in [-0.25, -0.2) is 0 Å². The highest BCUT2D eigenvalue weighted by Gasteiger charge is 2.23. The lowest BCUT2D eigenvalue weighted by Gasteiger charge is -2.24. The van der Waals surface area contributed by atoms with Crippen LogP contribution in [0.15, 0.2) is 18.3 Å². The Morgan fingerprint density at radius 3 is 2.50 bits per heavy atom. The maximum Gasteiger partial charge on any atom is 0.313 e. The summed E-state index contributed by atoms with van der Waals surface area (Å²) in [5.74, 6) is -1.61. The number of carbonyl (C=O) groups excluding carboxylic acids is 3. The van der Waals surface area contributed by atoms with Gasteiger partial charge in [0.2, 0.25) is 0 Å². The highest BCUT2D eigenvalue weighted by molar-refractivity contribution is 6.39. The van der Waals surface area contributed by atoms with Gasteiger partial charge < -0.3 is 20.6 Å². The van der Waals surface area contributed by atoms with E-state index in [1.807, 2.05) is 13.8 Å². The number of hydrogen-bond acceptors (Lipinski definition) is 5. The van der Waals surface area contributed by atoms with Gasteiger partial charge in [-0.3, -0.25) is 19.4 Å². The van der Waals surface area contributed by atoms with Gasteiger partial charge in [-0.2, -0.15) is 0 Å². The molecule has 1 aromatic heterocycles. The first-order valence-corrected chi connectivity index (χ1v) is 8.51. The van der Waals surface area contributed by atoms with E-state index >= 15 is 0 Å². The first-order chi connectivity index (χ1) is 12.0. The molecule has 0 aromatic carbocycles. The van der Waals surface area contributed by atoms with Crippen molar-refractivity contribution < 1.29 is 19.5 Å². The lowest BCUT2D eigenvalue weighted by molar-refractivity contribution is -0.136. The second kappa shape index (κ2) is 9.28. The fourth-order valence-electron chi connectivity index (χ4n) is 2.08. The van der Waals surface area contributed by atoms with Crippen LogP contribution in [-0.2, 0) is 9.59 Å². The van der Waals surface area contributed by atoms with Crippen LogP contribution in [0.4, 0.5) is 5.69 Å². The molecule has 0 fully saturated rings. The summed E-state index contributed by atoms with van der Waals surface area (Å²) in [6, 6.07) is 2.88. The maximum atomic E-state index is 12.0. The molecule has 0 spiro atoms. The first kappa shape index (κ1) is 21.6. The third kappa shape index (κ3) is 7.18. The average molecular weight is 364 g/mol. The largest absolute Gasteiger partial charge is 0.388 e. The van der Waals surface area contributed by atoms with E-state index in [-0.39, 0.29) is 23.8 Å². The van der Waals surface area contributed by atoms with Crippen molar-refractivity contribution in [2.24, 2.45) is 5.92 Å². The predicted octanol–water partition coefficient (Wildman–Crippen LogP) is 1.03. The van der Waals surface area contributed by atoms with Crippen LogP contribution in [0.5, 0.6) is 0 Å². The molecule has 3 N–H and O–H groups in total. The number of pyridine rings is 1. The van der Waals surface area contributed by atoms with Crippen molar-refractivity contribution in [1.82, 2.24) is 15.2 Å². The van der Waals surface area contributed by atoms with Crippen LogP contribution in [-0.4, -0.2) is 59.0 Å². The predicted molar refractivity (Wildman–Crippen MR) is 98.6 cm³/mol. The molecule has 144 valence electrons. The van der Waals surface area contributed by atoms with Gasteiger partial charge in [-0.1, -0.05) is 13.8 Å². The number of aliphatic hydroxyl groups is 1. The molecule has 1 heterocycles. The molecule has 0 aliphatic carbocycles. The third-order valence-corrected chi connectivity index (χ3v) is 3.74. The molecule has 0 saturated heterocycles. The smallest absolute Gasteiger partial charge is 0.313 e. The molecule has 0 unspecified atom stereocenters. The van der Waals surface area contributed by atoms with Crippen LogP contribution in [0.1, 0.15) is 44.1 Å². The quantitative estimate of drug-likeness (QED) is 0.626. The fourth-order valence-corrected chi connectivity index (χ4v) is 2.08. The van der Waals surface area contributed by atoms with Gasteiger partial charge in [0, 0.05) is 32.5 Å². The summed E-state index contributed by atoms with van der Waals surface area (Å²) in [5.41, 5.74) is -0.635. The van der Waals surface area contributed by atoms with Crippen LogP contribution in [0, 0.1) is 5.92 Å². The van der Waals surface area contributed by atoms with Gasteiger partial charge in [0.1, 0.15) is 5.69 Å². The number of hydrogen-bond donors (Lipinski definition) is 3. The van der Waals surface area contributed by atoms with E-state index < -0.39 is 17.4 Å². The van der Waals surface area contributed by atoms with Crippen molar-refractivity contribution >= 4 is 23.4 Å². The Kier molecular flexibility index (Phi) is 7.70. The topological polar surface area (TPSA) is 112 Å². The molecule has 0 aliphatic heterocycles. The van der Waals surface area contributed by atoms with E-state index in [0.29, 0.717) is 12.3 Å². The summed E-state index contributed by atoms with van der Waals surface area (Å²) in [4.78, 5) is 41.1. The van der Waals surface area contributed by atoms with Gasteiger partial charge >= 0.3 is 11.8 Å². The summed E-state index contributed by atoms with van der Waals surface area (Å²) in [5, 5.41) is 15.1. The molecule has 1 rings (SSSR count). The third-order valence-electron chi connectivity index (χ3n) is 3.74. The Morgan fingerprint density at radius 1 is 1.27 bits per heavy atom. The molecule has 3 amide bonds. The van der Waals surface area contributed by atoms with Crippen molar-refractivity contribution in [2.75, 3.05) is 26.0 Å². The second-order valence-corrected chi connectivity index (χ2v) is 7.20. The van der Waals surface area contributed by atoms with Crippen LogP contribution < -0.4 is 10.6 Å². The molecule has 0 aliphatic rings. The zero-order valence-corrected chi connectivity index (χ0v) is 16.0. The Morgan fingerprint density at radius 2 is 1.92 bits per heavy atom. The van der Waals surface area contributed by atoms with Crippen molar-refractivity contribution in [1.29, 1.82) is 0 Å². The van der Waals surface area contributed by atoms with Gasteiger partial charge in [0.15, 0.2) is 0 Å². The molecule has 8 nitrogen and oxygen atoms in total. The minimum absolute atomic E-state index is 0.0211. The summed E-state index contributed by atoms with van der Waals surface area (Å²) in [7, 11) is 3.18. The summed E-state index contributed by atoms with van der Waals surface area (Å²) >= 11 is 0. The highest BCUT2D eigenvalue weighted by Crippen LogP contribution is 2.15. The Balaban J connectivity index is 2.61. The molecule has 26 heavy (non-hydrogen) atoms. The van der Waals surface area contributed by atoms with Gasteiger partial charge in [-0.15, -0.1) is 0 Å². The van der Waals surface area contributed by atoms with E-state index in [9.17, 15) is 19.5 Å². The van der Waals surface area contributed by atoms with E-state index in [4.69, 9.17) is 0 Å². The van der Waals surface area contributed by atoms with Crippen molar-refractivity contribution in [3.8, 4) is 0 Å². The zero-order chi connectivity index (χ0) is 19.9. The number of anilines is 1. The highest BCUT2D eigenvalue weighted by atomic mass is 16.3. The lowest BCUT2D eigenvalue weighted by Crippen LogP contribution is -2.44. The van der Waals surface area contributed by atoms with Gasteiger partial charge in [-0.05, 0) is 37.8 Å². The minimum atomic E-state index is -1.08. The normalized spacial score (nSPS) is 13.0. The SMILES string of the molecule is CC(C)CC[C@](C)(O)CNC(=O)C(=O)Nc1ccnc(C(=O)N(C)C)c1. The van der Waals surface area contributed by atoms with E-state index in [1.54, 1.807) is 21.0 Å². The van der Waals surface area contributed by atoms with Crippen molar-refractivity contribution in [3.63, 3.8) is 0 Å². The average Bonchev–Trinajstić information content (AvgIpc) is 2.57. The number of nitrogens with one attached hydrogen (secondary N) is 2. The van der Waals surface area contributed by atoms with Crippen LogP contribution >= 0.6 is 0 Å². The fraction of sp³-hybridized carbons (Fsp3) is 0.556. The van der Waals surface area contributed by atoms with Crippen LogP contribution in [0.25, 0.3) is 0 Å². The standard InChI is InChI=1S/C18H28N4O4/c1-12(2)6-8-18(3,26)11-20-15(23)16(24)21-13-7-9-19-14(10-13)17(25)22(4)5/h7,9-10,12,26H,6,8,11H2,1-5H3,(H,20,23)(H,19,21,24)/t18-/m0/s1. The van der Waals surface area contributed by atoms with Crippen LogP contribution in [0.3, 0.4) is 0 Å². The van der Waals surface area contributed by atoms with Crippen molar-refractivity contribution in [2.45, 2.75) is 39.2 Å². The molecular weight excluding hydrogens is 336 g/mol. The molecule has 0 bridgehead atoms. The monoisotopic (exact) mass is 364 g/mol. The molecular formula is C18H28N4O4. The van der Waals surface area contributed by atoms with E-state index in [2.05, 4.69) is 15.6 Å². The van der Waals surface area contributed by atoms with Gasteiger partial charge in [0.25, 0.3) is 5.91 Å². The molecule has 0 radical (unpaired) electrons. The maximum absolute atomic E-state index is 12.0. The summed E-state index contributed by atoms with van der Waals surface area (Å²) in [6.45, 7) is 5.69. The summed E-state index contributed by atoms with van der Waals surface area (Å²) in [6.07, 6.45) is 2.71. The first-order valence-electron chi connectivity index (χ1n) is 8.51. The second-order valence-electron chi connectivity index (χ2n) is 7.20. The Hall–Kier alpha value is -2.48. The number of rotatable bonds is 7. The lowest BCUT2D eigenvalue weighted by atomic mass is 9.95. The van der Waals surface area contributed by atoms with E-state index in [0.717, 1.165) is 6.42 Å². The number of aromatic nitrogens is 1. The van der Waals surface area contributed by atoms with Gasteiger partial charge in [0.05, 0.1) is 5.60 Å². The molecule has 1 atom stereocenters. The number of nitrogens with zero attached hydrogens (tertiary/aromatic N) is 2. The van der Waals surface area contributed by atoms with Crippen LogP contribution in [0.2, 0.25) is 0 Å².